The van der Waals surface area contributed by atoms with E-state index in [9.17, 15) is 9.90 Å². The first kappa shape index (κ1) is 13.6. The molecule has 4 heteroatoms. The van der Waals surface area contributed by atoms with E-state index in [4.69, 9.17) is 5.26 Å². The fraction of sp³-hybridized carbons (Fsp3) is 0.125. The molecule has 0 unspecified atom stereocenters. The summed E-state index contributed by atoms with van der Waals surface area (Å²) in [6, 6.07) is 15.8. The van der Waals surface area contributed by atoms with Gasteiger partial charge in [-0.05, 0) is 35.4 Å². The Kier molecular flexibility index (Phi) is 4.35. The topological polar surface area (TPSA) is 73.1 Å². The lowest BCUT2D eigenvalue weighted by molar-refractivity contribution is -0.115. The molecule has 2 aromatic carbocycles. The van der Waals surface area contributed by atoms with Gasteiger partial charge in [-0.25, -0.2) is 0 Å². The number of carbonyl (C=O) groups excluding carboxylic acids is 1. The number of hydrogen-bond acceptors (Lipinski definition) is 3. The van der Waals surface area contributed by atoms with Crippen molar-refractivity contribution >= 4 is 11.6 Å². The second-order valence-electron chi connectivity index (χ2n) is 4.42. The van der Waals surface area contributed by atoms with Crippen molar-refractivity contribution in [1.82, 2.24) is 0 Å². The Balaban J connectivity index is 1.94. The highest BCUT2D eigenvalue weighted by Crippen LogP contribution is 2.13. The Hall–Kier alpha value is -2.80. The summed E-state index contributed by atoms with van der Waals surface area (Å²) in [5, 5.41) is 20.5. The van der Waals surface area contributed by atoms with Crippen LogP contribution in [0.5, 0.6) is 5.75 Å². The Labute approximate surface area is 117 Å². The molecule has 2 N–H and O–H groups in total. The van der Waals surface area contributed by atoms with Crippen molar-refractivity contribution in [2.75, 3.05) is 5.32 Å². The second kappa shape index (κ2) is 6.39. The van der Waals surface area contributed by atoms with E-state index < -0.39 is 0 Å². The summed E-state index contributed by atoms with van der Waals surface area (Å²) in [7, 11) is 0. The Morgan fingerprint density at radius 2 is 1.65 bits per heavy atom. The van der Waals surface area contributed by atoms with Crippen LogP contribution in [-0.4, -0.2) is 11.0 Å². The van der Waals surface area contributed by atoms with Crippen LogP contribution in [0.4, 0.5) is 5.69 Å². The predicted octanol–water partition coefficient (Wildman–Crippen LogP) is 2.64. The van der Waals surface area contributed by atoms with Crippen LogP contribution in [0.25, 0.3) is 0 Å². The number of hydrogen-bond donors (Lipinski definition) is 2. The van der Waals surface area contributed by atoms with Crippen LogP contribution in [0.2, 0.25) is 0 Å². The van der Waals surface area contributed by atoms with E-state index in [-0.39, 0.29) is 18.1 Å². The van der Waals surface area contributed by atoms with Crippen molar-refractivity contribution in [3.05, 3.63) is 59.7 Å². The van der Waals surface area contributed by atoms with Crippen LogP contribution < -0.4 is 5.32 Å². The SMILES string of the molecule is N#CCc1ccc(NC(=O)Cc2ccc(O)cc2)cc1. The van der Waals surface area contributed by atoms with Gasteiger partial charge in [0.25, 0.3) is 0 Å². The van der Waals surface area contributed by atoms with Gasteiger partial charge in [0, 0.05) is 5.69 Å². The van der Waals surface area contributed by atoms with Gasteiger partial charge in [0.15, 0.2) is 0 Å². The van der Waals surface area contributed by atoms with E-state index in [2.05, 4.69) is 11.4 Å². The molecular formula is C16H14N2O2. The van der Waals surface area contributed by atoms with E-state index in [0.29, 0.717) is 12.1 Å². The molecule has 0 saturated heterocycles. The van der Waals surface area contributed by atoms with Gasteiger partial charge >= 0.3 is 0 Å². The third-order valence-corrected chi connectivity index (χ3v) is 2.82. The van der Waals surface area contributed by atoms with Gasteiger partial charge in [-0.15, -0.1) is 0 Å². The Morgan fingerprint density at radius 1 is 1.05 bits per heavy atom. The first-order valence-corrected chi connectivity index (χ1v) is 6.21. The number of phenols is 1. The zero-order valence-electron chi connectivity index (χ0n) is 10.8. The molecule has 0 fully saturated rings. The normalized spacial score (nSPS) is 9.75. The van der Waals surface area contributed by atoms with Gasteiger partial charge in [0.2, 0.25) is 5.91 Å². The zero-order chi connectivity index (χ0) is 14.4. The molecule has 0 spiro atoms. The smallest absolute Gasteiger partial charge is 0.228 e. The molecule has 0 radical (unpaired) electrons. The average molecular weight is 266 g/mol. The summed E-state index contributed by atoms with van der Waals surface area (Å²) in [6.07, 6.45) is 0.613. The highest BCUT2D eigenvalue weighted by Gasteiger charge is 2.04. The summed E-state index contributed by atoms with van der Waals surface area (Å²) in [6.45, 7) is 0. The maximum absolute atomic E-state index is 11.9. The maximum Gasteiger partial charge on any atom is 0.228 e. The minimum Gasteiger partial charge on any atom is -0.508 e. The lowest BCUT2D eigenvalue weighted by atomic mass is 10.1. The summed E-state index contributed by atoms with van der Waals surface area (Å²) in [5.74, 6) is 0.0611. The molecule has 1 amide bonds. The molecular weight excluding hydrogens is 252 g/mol. The van der Waals surface area contributed by atoms with Crippen molar-refractivity contribution in [3.63, 3.8) is 0 Å². The van der Waals surface area contributed by atoms with Gasteiger partial charge in [-0.2, -0.15) is 5.26 Å². The molecule has 4 nitrogen and oxygen atoms in total. The molecule has 0 heterocycles. The van der Waals surface area contributed by atoms with E-state index in [1.807, 2.05) is 12.1 Å². The fourth-order valence-electron chi connectivity index (χ4n) is 1.80. The number of carbonyl (C=O) groups is 1. The number of aromatic hydroxyl groups is 1. The van der Waals surface area contributed by atoms with Crippen molar-refractivity contribution < 1.29 is 9.90 Å². The predicted molar refractivity (Wildman–Crippen MR) is 76.2 cm³/mol. The number of phenolic OH excluding ortho intramolecular Hbond substituents is 1. The monoisotopic (exact) mass is 266 g/mol. The Morgan fingerprint density at radius 3 is 2.25 bits per heavy atom. The third kappa shape index (κ3) is 3.85. The molecule has 0 saturated carbocycles. The average Bonchev–Trinajstić information content (AvgIpc) is 2.44. The van der Waals surface area contributed by atoms with Crippen molar-refractivity contribution in [1.29, 1.82) is 5.26 Å². The van der Waals surface area contributed by atoms with Crippen LogP contribution in [0, 0.1) is 11.3 Å². The second-order valence-corrected chi connectivity index (χ2v) is 4.42. The number of rotatable bonds is 4. The largest absolute Gasteiger partial charge is 0.508 e. The summed E-state index contributed by atoms with van der Waals surface area (Å²) in [5.41, 5.74) is 2.46. The molecule has 100 valence electrons. The molecule has 0 atom stereocenters. The fourth-order valence-corrected chi connectivity index (χ4v) is 1.80. The molecule has 0 aliphatic rings. The molecule has 0 aliphatic heterocycles. The number of nitrogens with one attached hydrogen (secondary N) is 1. The molecule has 0 bridgehead atoms. The number of anilines is 1. The van der Waals surface area contributed by atoms with Crippen molar-refractivity contribution in [2.45, 2.75) is 12.8 Å². The van der Waals surface area contributed by atoms with Crippen molar-refractivity contribution in [3.8, 4) is 11.8 Å². The highest BCUT2D eigenvalue weighted by atomic mass is 16.3. The first-order chi connectivity index (χ1) is 9.67. The number of benzene rings is 2. The lowest BCUT2D eigenvalue weighted by Crippen LogP contribution is -2.14. The zero-order valence-corrected chi connectivity index (χ0v) is 10.8. The molecule has 20 heavy (non-hydrogen) atoms. The summed E-state index contributed by atoms with van der Waals surface area (Å²) < 4.78 is 0. The maximum atomic E-state index is 11.9. The lowest BCUT2D eigenvalue weighted by Gasteiger charge is -2.06. The van der Waals surface area contributed by atoms with E-state index in [1.54, 1.807) is 36.4 Å². The molecule has 2 rings (SSSR count). The number of nitriles is 1. The molecule has 0 aromatic heterocycles. The molecule has 2 aromatic rings. The van der Waals surface area contributed by atoms with E-state index >= 15 is 0 Å². The van der Waals surface area contributed by atoms with Crippen LogP contribution in [-0.2, 0) is 17.6 Å². The van der Waals surface area contributed by atoms with Crippen LogP contribution >= 0.6 is 0 Å². The first-order valence-electron chi connectivity index (χ1n) is 6.21. The van der Waals surface area contributed by atoms with Gasteiger partial charge in [0.05, 0.1) is 18.9 Å². The van der Waals surface area contributed by atoms with E-state index in [0.717, 1.165) is 11.1 Å². The van der Waals surface area contributed by atoms with Gasteiger partial charge in [-0.1, -0.05) is 24.3 Å². The van der Waals surface area contributed by atoms with Gasteiger partial charge in [0.1, 0.15) is 5.75 Å². The third-order valence-electron chi connectivity index (χ3n) is 2.82. The van der Waals surface area contributed by atoms with Crippen LogP contribution in [0.1, 0.15) is 11.1 Å². The minimum atomic E-state index is -0.122. The quantitative estimate of drug-likeness (QED) is 0.893. The van der Waals surface area contributed by atoms with Crippen molar-refractivity contribution in [2.24, 2.45) is 0 Å². The number of nitrogens with zero attached hydrogens (tertiary/aromatic N) is 1. The van der Waals surface area contributed by atoms with E-state index in [1.165, 1.54) is 0 Å². The number of amides is 1. The standard InChI is InChI=1S/C16H14N2O2/c17-10-9-12-1-5-14(6-2-12)18-16(20)11-13-3-7-15(19)8-4-13/h1-8,19H,9,11H2,(H,18,20). The summed E-state index contributed by atoms with van der Waals surface area (Å²) >= 11 is 0. The molecule has 0 aliphatic carbocycles. The minimum absolute atomic E-state index is 0.122. The van der Waals surface area contributed by atoms with Crippen LogP contribution in [0.3, 0.4) is 0 Å². The Bertz CT molecular complexity index is 625. The van der Waals surface area contributed by atoms with Crippen LogP contribution in [0.15, 0.2) is 48.5 Å². The summed E-state index contributed by atoms with van der Waals surface area (Å²) in [4.78, 5) is 11.9. The van der Waals surface area contributed by atoms with Gasteiger partial charge in [-0.3, -0.25) is 4.79 Å². The van der Waals surface area contributed by atoms with Gasteiger partial charge < -0.3 is 10.4 Å². The highest BCUT2D eigenvalue weighted by molar-refractivity contribution is 5.92.